The topological polar surface area (TPSA) is 97.0 Å². The summed E-state index contributed by atoms with van der Waals surface area (Å²) in [4.78, 5) is 2.98. The standard InChI is InChI=1S/C10H10F2N4O3S/c1-2-19-10-13-9(14-15-10)16-20(17,18)8-4-3-6(11)5-7(8)12/h3-5H,2H2,1H3,(H2,13,14,15,16). The highest BCUT2D eigenvalue weighted by atomic mass is 32.2. The third-order valence-corrected chi connectivity index (χ3v) is 3.53. The van der Waals surface area contributed by atoms with E-state index in [0.29, 0.717) is 12.7 Å². The molecule has 0 unspecified atom stereocenters. The van der Waals surface area contributed by atoms with Crippen LogP contribution >= 0.6 is 0 Å². The van der Waals surface area contributed by atoms with Gasteiger partial charge in [0.2, 0.25) is 5.95 Å². The predicted octanol–water partition coefficient (Wildman–Crippen LogP) is 1.28. The van der Waals surface area contributed by atoms with Crippen molar-refractivity contribution in [2.45, 2.75) is 11.8 Å². The number of aromatic nitrogens is 3. The van der Waals surface area contributed by atoms with Gasteiger partial charge >= 0.3 is 6.01 Å². The second-order valence-corrected chi connectivity index (χ2v) is 5.23. The minimum Gasteiger partial charge on any atom is -0.463 e. The van der Waals surface area contributed by atoms with Crippen molar-refractivity contribution in [2.24, 2.45) is 0 Å². The molecule has 0 saturated heterocycles. The molecule has 20 heavy (non-hydrogen) atoms. The maximum atomic E-state index is 13.4. The van der Waals surface area contributed by atoms with Crippen LogP contribution in [-0.4, -0.2) is 30.2 Å². The Kier molecular flexibility index (Phi) is 3.84. The molecule has 0 spiro atoms. The first kappa shape index (κ1) is 14.2. The summed E-state index contributed by atoms with van der Waals surface area (Å²) >= 11 is 0. The van der Waals surface area contributed by atoms with Crippen molar-refractivity contribution in [1.29, 1.82) is 0 Å². The second kappa shape index (κ2) is 5.41. The number of benzene rings is 1. The Morgan fingerprint density at radius 1 is 1.40 bits per heavy atom. The summed E-state index contributed by atoms with van der Waals surface area (Å²) in [5.74, 6) is -2.32. The van der Waals surface area contributed by atoms with Crippen molar-refractivity contribution in [1.82, 2.24) is 15.2 Å². The van der Waals surface area contributed by atoms with Crippen molar-refractivity contribution < 1.29 is 21.9 Å². The Labute approximate surface area is 113 Å². The molecular formula is C10H10F2N4O3S. The summed E-state index contributed by atoms with van der Waals surface area (Å²) in [6.07, 6.45) is 0. The van der Waals surface area contributed by atoms with Crippen LogP contribution in [0.5, 0.6) is 6.01 Å². The Hall–Kier alpha value is -2.23. The van der Waals surface area contributed by atoms with Crippen LogP contribution in [0.25, 0.3) is 0 Å². The minimum absolute atomic E-state index is 0.0511. The normalized spacial score (nSPS) is 11.3. The molecule has 0 aliphatic heterocycles. The molecule has 0 saturated carbocycles. The van der Waals surface area contributed by atoms with Gasteiger partial charge in [-0.1, -0.05) is 0 Å². The van der Waals surface area contributed by atoms with E-state index in [1.54, 1.807) is 6.92 Å². The number of sulfonamides is 1. The van der Waals surface area contributed by atoms with Crippen LogP contribution < -0.4 is 9.46 Å². The van der Waals surface area contributed by atoms with Crippen LogP contribution in [0, 0.1) is 11.6 Å². The summed E-state index contributed by atoms with van der Waals surface area (Å²) in [6.45, 7) is 2.00. The fraction of sp³-hybridized carbons (Fsp3) is 0.200. The molecule has 0 aliphatic rings. The van der Waals surface area contributed by atoms with E-state index in [-0.39, 0.29) is 12.0 Å². The number of hydrogen-bond donors (Lipinski definition) is 2. The number of H-pyrrole nitrogens is 1. The van der Waals surface area contributed by atoms with Crippen LogP contribution in [-0.2, 0) is 10.0 Å². The molecule has 1 heterocycles. The molecule has 0 radical (unpaired) electrons. The molecule has 2 rings (SSSR count). The van der Waals surface area contributed by atoms with Crippen LogP contribution in [0.15, 0.2) is 23.1 Å². The maximum Gasteiger partial charge on any atom is 0.337 e. The van der Waals surface area contributed by atoms with Crippen molar-refractivity contribution in [3.8, 4) is 6.01 Å². The molecule has 10 heteroatoms. The fourth-order valence-corrected chi connectivity index (χ4v) is 2.38. The molecule has 0 fully saturated rings. The van der Waals surface area contributed by atoms with E-state index in [9.17, 15) is 17.2 Å². The SMILES string of the molecule is CCOc1n[nH]c(NS(=O)(=O)c2ccc(F)cc2F)n1. The van der Waals surface area contributed by atoms with Crippen LogP contribution in [0.4, 0.5) is 14.7 Å². The Morgan fingerprint density at radius 3 is 2.80 bits per heavy atom. The molecule has 0 amide bonds. The number of halogens is 2. The number of rotatable bonds is 5. The van der Waals surface area contributed by atoms with E-state index in [1.165, 1.54) is 0 Å². The molecule has 1 aromatic heterocycles. The zero-order valence-corrected chi connectivity index (χ0v) is 11.0. The lowest BCUT2D eigenvalue weighted by molar-refractivity contribution is 0.314. The summed E-state index contributed by atoms with van der Waals surface area (Å²) in [7, 11) is -4.24. The number of hydrogen-bond acceptors (Lipinski definition) is 5. The lowest BCUT2D eigenvalue weighted by Crippen LogP contribution is -2.15. The maximum absolute atomic E-state index is 13.4. The molecule has 2 aromatic rings. The molecule has 108 valence electrons. The van der Waals surface area contributed by atoms with Crippen molar-refractivity contribution in [3.05, 3.63) is 29.8 Å². The van der Waals surface area contributed by atoms with Crippen molar-refractivity contribution >= 4 is 16.0 Å². The van der Waals surface area contributed by atoms with Gasteiger partial charge in [0.05, 0.1) is 6.61 Å². The van der Waals surface area contributed by atoms with Gasteiger partial charge in [0.1, 0.15) is 16.5 Å². The average molecular weight is 304 g/mol. The number of ether oxygens (including phenoxy) is 1. The van der Waals surface area contributed by atoms with E-state index < -0.39 is 26.6 Å². The van der Waals surface area contributed by atoms with Crippen LogP contribution in [0.1, 0.15) is 6.92 Å². The Balaban J connectivity index is 2.26. The molecule has 1 aromatic carbocycles. The van der Waals surface area contributed by atoms with Crippen LogP contribution in [0.2, 0.25) is 0 Å². The van der Waals surface area contributed by atoms with Gasteiger partial charge in [-0.3, -0.25) is 0 Å². The highest BCUT2D eigenvalue weighted by Crippen LogP contribution is 2.18. The summed E-state index contributed by atoms with van der Waals surface area (Å²) in [6, 6.07) is 2.07. The van der Waals surface area contributed by atoms with Crippen molar-refractivity contribution in [2.75, 3.05) is 11.3 Å². The molecule has 0 aliphatic carbocycles. The quantitative estimate of drug-likeness (QED) is 0.867. The number of anilines is 1. The summed E-state index contributed by atoms with van der Waals surface area (Å²) in [5.41, 5.74) is 0. The van der Waals surface area contributed by atoms with E-state index in [4.69, 9.17) is 4.74 Å². The lowest BCUT2D eigenvalue weighted by atomic mass is 10.3. The third-order valence-electron chi connectivity index (χ3n) is 2.15. The first-order valence-corrected chi connectivity index (χ1v) is 6.94. The predicted molar refractivity (Wildman–Crippen MR) is 64.7 cm³/mol. The molecular weight excluding hydrogens is 294 g/mol. The highest BCUT2D eigenvalue weighted by Gasteiger charge is 2.21. The monoisotopic (exact) mass is 304 g/mol. The Morgan fingerprint density at radius 2 is 2.15 bits per heavy atom. The average Bonchev–Trinajstić information content (AvgIpc) is 2.75. The van der Waals surface area contributed by atoms with Gasteiger partial charge in [-0.05, 0) is 19.1 Å². The smallest absolute Gasteiger partial charge is 0.337 e. The van der Waals surface area contributed by atoms with E-state index in [0.717, 1.165) is 12.1 Å². The van der Waals surface area contributed by atoms with Gasteiger partial charge in [0, 0.05) is 6.07 Å². The summed E-state index contributed by atoms with van der Waals surface area (Å²) in [5, 5.41) is 5.86. The molecule has 2 N–H and O–H groups in total. The lowest BCUT2D eigenvalue weighted by Gasteiger charge is -2.05. The second-order valence-electron chi connectivity index (χ2n) is 3.58. The van der Waals surface area contributed by atoms with Gasteiger partial charge in [-0.25, -0.2) is 27.0 Å². The fourth-order valence-electron chi connectivity index (χ4n) is 1.36. The van der Waals surface area contributed by atoms with Gasteiger partial charge < -0.3 is 4.74 Å². The number of nitrogens with zero attached hydrogens (tertiary/aromatic N) is 2. The molecule has 0 bridgehead atoms. The van der Waals surface area contributed by atoms with Gasteiger partial charge in [-0.2, -0.15) is 4.98 Å². The van der Waals surface area contributed by atoms with Gasteiger partial charge in [0.15, 0.2) is 0 Å². The number of aromatic amines is 1. The third kappa shape index (κ3) is 3.02. The van der Waals surface area contributed by atoms with E-state index in [1.807, 2.05) is 4.72 Å². The molecule has 0 atom stereocenters. The summed E-state index contributed by atoms with van der Waals surface area (Å²) < 4.78 is 56.9. The van der Waals surface area contributed by atoms with Crippen molar-refractivity contribution in [3.63, 3.8) is 0 Å². The minimum atomic E-state index is -4.24. The largest absolute Gasteiger partial charge is 0.463 e. The highest BCUT2D eigenvalue weighted by molar-refractivity contribution is 7.92. The van der Waals surface area contributed by atoms with Gasteiger partial charge in [0.25, 0.3) is 10.0 Å². The van der Waals surface area contributed by atoms with Crippen LogP contribution in [0.3, 0.4) is 0 Å². The van der Waals surface area contributed by atoms with E-state index in [2.05, 4.69) is 15.2 Å². The Bertz CT molecular complexity index is 717. The first-order chi connectivity index (χ1) is 9.42. The van der Waals surface area contributed by atoms with Gasteiger partial charge in [-0.15, -0.1) is 5.10 Å². The zero-order valence-electron chi connectivity index (χ0n) is 10.2. The zero-order chi connectivity index (χ0) is 14.8. The number of nitrogens with one attached hydrogen (secondary N) is 2. The molecule has 7 nitrogen and oxygen atoms in total. The van der Waals surface area contributed by atoms with E-state index >= 15 is 0 Å². The first-order valence-electron chi connectivity index (χ1n) is 5.45.